The van der Waals surface area contributed by atoms with Crippen molar-refractivity contribution in [2.45, 2.75) is 32.6 Å². The van der Waals surface area contributed by atoms with E-state index in [0.29, 0.717) is 11.5 Å². The number of benzene rings is 2. The Morgan fingerprint density at radius 2 is 1.87 bits per heavy atom. The number of nitrogens with one attached hydrogen (secondary N) is 1. The number of amides is 1. The van der Waals surface area contributed by atoms with E-state index in [2.05, 4.69) is 5.32 Å². The van der Waals surface area contributed by atoms with Crippen LogP contribution in [-0.2, 0) is 0 Å². The summed E-state index contributed by atoms with van der Waals surface area (Å²) >= 11 is 0. The number of nitrogens with zero attached hydrogens (tertiary/aromatic N) is 3. The molecule has 4 aromatic rings. The molecule has 5 rings (SSSR count). The Kier molecular flexibility index (Phi) is 4.70. The molecule has 1 aliphatic carbocycles. The van der Waals surface area contributed by atoms with Crippen molar-refractivity contribution in [2.75, 3.05) is 12.4 Å². The second-order valence-electron chi connectivity index (χ2n) is 8.04. The van der Waals surface area contributed by atoms with Gasteiger partial charge in [0.15, 0.2) is 5.65 Å². The third-order valence-electron chi connectivity index (χ3n) is 5.76. The lowest BCUT2D eigenvalue weighted by atomic mass is 10.1. The van der Waals surface area contributed by atoms with E-state index in [1.807, 2.05) is 73.1 Å². The van der Waals surface area contributed by atoms with E-state index in [0.717, 1.165) is 58.0 Å². The molecule has 6 heteroatoms. The van der Waals surface area contributed by atoms with E-state index in [-0.39, 0.29) is 5.91 Å². The first kappa shape index (κ1) is 19.3. The Bertz CT molecular complexity index is 1290. The summed E-state index contributed by atoms with van der Waals surface area (Å²) in [5, 5.41) is 8.59. The monoisotopic (exact) mass is 412 g/mol. The topological polar surface area (TPSA) is 69.0 Å². The van der Waals surface area contributed by atoms with Crippen LogP contribution in [0, 0.1) is 13.8 Å². The van der Waals surface area contributed by atoms with Gasteiger partial charge in [0.25, 0.3) is 5.91 Å². The van der Waals surface area contributed by atoms with E-state index in [4.69, 9.17) is 14.8 Å². The van der Waals surface area contributed by atoms with Gasteiger partial charge in [-0.05, 0) is 68.7 Å². The molecule has 6 nitrogen and oxygen atoms in total. The van der Waals surface area contributed by atoms with Crippen molar-refractivity contribution in [3.63, 3.8) is 0 Å². The Morgan fingerprint density at radius 1 is 1.10 bits per heavy atom. The SMILES string of the molecule is COc1ccc(NC(=O)c2cc(C3CC3)nc3c2c(C)nn3-c2ccccc2)c(C)c1. The summed E-state index contributed by atoms with van der Waals surface area (Å²) in [6.07, 6.45) is 2.21. The van der Waals surface area contributed by atoms with Crippen LogP contribution in [0.4, 0.5) is 5.69 Å². The third kappa shape index (κ3) is 3.54. The number of hydrogen-bond donors (Lipinski definition) is 1. The summed E-state index contributed by atoms with van der Waals surface area (Å²) in [5.74, 6) is 1.02. The van der Waals surface area contributed by atoms with E-state index < -0.39 is 0 Å². The molecule has 2 aromatic carbocycles. The first-order chi connectivity index (χ1) is 15.0. The van der Waals surface area contributed by atoms with E-state index in [1.54, 1.807) is 7.11 Å². The predicted octanol–water partition coefficient (Wildman–Crippen LogP) is 5.18. The highest BCUT2D eigenvalue weighted by Gasteiger charge is 2.29. The second kappa shape index (κ2) is 7.54. The van der Waals surface area contributed by atoms with E-state index >= 15 is 0 Å². The van der Waals surface area contributed by atoms with Crippen LogP contribution >= 0.6 is 0 Å². The number of pyridine rings is 1. The van der Waals surface area contributed by atoms with Gasteiger partial charge in [-0.25, -0.2) is 9.67 Å². The fourth-order valence-electron chi connectivity index (χ4n) is 3.92. The number of para-hydroxylation sites is 1. The lowest BCUT2D eigenvalue weighted by molar-refractivity contribution is 0.102. The van der Waals surface area contributed by atoms with Gasteiger partial charge < -0.3 is 10.1 Å². The van der Waals surface area contributed by atoms with Crippen molar-refractivity contribution < 1.29 is 9.53 Å². The molecule has 156 valence electrons. The zero-order valence-electron chi connectivity index (χ0n) is 17.8. The molecule has 0 atom stereocenters. The lowest BCUT2D eigenvalue weighted by Gasteiger charge is -2.12. The summed E-state index contributed by atoms with van der Waals surface area (Å²) in [7, 11) is 1.63. The summed E-state index contributed by atoms with van der Waals surface area (Å²) in [6, 6.07) is 17.5. The predicted molar refractivity (Wildman–Crippen MR) is 121 cm³/mol. The molecule has 31 heavy (non-hydrogen) atoms. The average molecular weight is 412 g/mol. The molecule has 1 N–H and O–H groups in total. The molecule has 1 fully saturated rings. The van der Waals surface area contributed by atoms with E-state index in [9.17, 15) is 4.79 Å². The Hall–Kier alpha value is -3.67. The first-order valence-corrected chi connectivity index (χ1v) is 10.5. The number of rotatable bonds is 5. The molecule has 1 amide bonds. The van der Waals surface area contributed by atoms with Crippen LogP contribution in [0.3, 0.4) is 0 Å². The number of carbonyl (C=O) groups is 1. The van der Waals surface area contributed by atoms with Gasteiger partial charge in [0, 0.05) is 17.3 Å². The number of methoxy groups -OCH3 is 1. The first-order valence-electron chi connectivity index (χ1n) is 10.5. The average Bonchev–Trinajstić information content (AvgIpc) is 3.59. The smallest absolute Gasteiger partial charge is 0.256 e. The summed E-state index contributed by atoms with van der Waals surface area (Å²) < 4.78 is 7.11. The number of hydrogen-bond acceptors (Lipinski definition) is 4. The fraction of sp³-hybridized carbons (Fsp3) is 0.240. The zero-order chi connectivity index (χ0) is 21.5. The largest absolute Gasteiger partial charge is 0.497 e. The molecule has 0 unspecified atom stereocenters. The highest BCUT2D eigenvalue weighted by Crippen LogP contribution is 2.41. The van der Waals surface area contributed by atoms with Gasteiger partial charge in [0.05, 0.1) is 29.4 Å². The Morgan fingerprint density at radius 3 is 2.55 bits per heavy atom. The summed E-state index contributed by atoms with van der Waals surface area (Å²) in [4.78, 5) is 18.3. The molecule has 0 saturated heterocycles. The van der Waals surface area contributed by atoms with Crippen molar-refractivity contribution in [1.82, 2.24) is 14.8 Å². The Balaban J connectivity index is 1.62. The number of carbonyl (C=O) groups excluding carboxylic acids is 1. The number of aryl methyl sites for hydroxylation is 2. The maximum Gasteiger partial charge on any atom is 0.256 e. The van der Waals surface area contributed by atoms with Crippen molar-refractivity contribution in [2.24, 2.45) is 0 Å². The van der Waals surface area contributed by atoms with Gasteiger partial charge in [-0.2, -0.15) is 5.10 Å². The van der Waals surface area contributed by atoms with Gasteiger partial charge in [0.2, 0.25) is 0 Å². The standard InChI is InChI=1S/C25H24N4O2/c1-15-13-19(31-3)11-12-21(15)27-25(30)20-14-22(17-9-10-17)26-24-23(20)16(2)28-29(24)18-7-5-4-6-8-18/h4-8,11-14,17H,9-10H2,1-3H3,(H,27,30). The van der Waals surface area contributed by atoms with Crippen molar-refractivity contribution >= 4 is 22.6 Å². The van der Waals surface area contributed by atoms with Gasteiger partial charge in [-0.15, -0.1) is 0 Å². The second-order valence-corrected chi connectivity index (χ2v) is 8.04. The number of fused-ring (bicyclic) bond motifs is 1. The van der Waals surface area contributed by atoms with Crippen LogP contribution in [0.2, 0.25) is 0 Å². The number of anilines is 1. The maximum absolute atomic E-state index is 13.4. The van der Waals surface area contributed by atoms with Crippen LogP contribution in [0.1, 0.15) is 46.1 Å². The molecule has 1 aliphatic rings. The van der Waals surface area contributed by atoms with Crippen LogP contribution in [0.15, 0.2) is 54.6 Å². The van der Waals surface area contributed by atoms with Crippen molar-refractivity contribution in [3.05, 3.63) is 77.1 Å². The lowest BCUT2D eigenvalue weighted by Crippen LogP contribution is -2.14. The molecule has 0 bridgehead atoms. The van der Waals surface area contributed by atoms with Gasteiger partial charge in [-0.3, -0.25) is 4.79 Å². The van der Waals surface area contributed by atoms with Crippen LogP contribution in [-0.4, -0.2) is 27.8 Å². The highest BCUT2D eigenvalue weighted by molar-refractivity contribution is 6.13. The quantitative estimate of drug-likeness (QED) is 0.491. The molecular formula is C25H24N4O2. The number of ether oxygens (including phenoxy) is 1. The Labute approximate surface area is 180 Å². The maximum atomic E-state index is 13.4. The van der Waals surface area contributed by atoms with E-state index in [1.165, 1.54) is 0 Å². The van der Waals surface area contributed by atoms with Crippen LogP contribution in [0.25, 0.3) is 16.7 Å². The summed E-state index contributed by atoms with van der Waals surface area (Å²) in [6.45, 7) is 3.88. The third-order valence-corrected chi connectivity index (χ3v) is 5.76. The molecule has 0 spiro atoms. The van der Waals surface area contributed by atoms with Gasteiger partial charge in [0.1, 0.15) is 5.75 Å². The van der Waals surface area contributed by atoms with Crippen molar-refractivity contribution in [1.29, 1.82) is 0 Å². The zero-order valence-corrected chi connectivity index (χ0v) is 17.8. The molecule has 0 aliphatic heterocycles. The van der Waals surface area contributed by atoms with Crippen LogP contribution < -0.4 is 10.1 Å². The fourth-order valence-corrected chi connectivity index (χ4v) is 3.92. The minimum Gasteiger partial charge on any atom is -0.497 e. The minimum absolute atomic E-state index is 0.154. The molecule has 2 aromatic heterocycles. The van der Waals surface area contributed by atoms with Crippen LogP contribution in [0.5, 0.6) is 5.75 Å². The molecule has 0 radical (unpaired) electrons. The molecular weight excluding hydrogens is 388 g/mol. The molecule has 1 saturated carbocycles. The molecule has 2 heterocycles. The van der Waals surface area contributed by atoms with Gasteiger partial charge in [-0.1, -0.05) is 18.2 Å². The summed E-state index contributed by atoms with van der Waals surface area (Å²) in [5.41, 5.74) is 5.71. The van der Waals surface area contributed by atoms with Crippen molar-refractivity contribution in [3.8, 4) is 11.4 Å². The normalized spacial score (nSPS) is 13.4. The highest BCUT2D eigenvalue weighted by atomic mass is 16.5. The van der Waals surface area contributed by atoms with Gasteiger partial charge >= 0.3 is 0 Å². The number of aromatic nitrogens is 3. The minimum atomic E-state index is -0.154.